The highest BCUT2D eigenvalue weighted by molar-refractivity contribution is 9.10. The van der Waals surface area contributed by atoms with Gasteiger partial charge in [-0.1, -0.05) is 33.6 Å². The number of benzene rings is 1. The zero-order chi connectivity index (χ0) is 20.1. The molecule has 2 unspecified atom stereocenters. The van der Waals surface area contributed by atoms with E-state index in [-0.39, 0.29) is 22.3 Å². The minimum absolute atomic E-state index is 0.0657. The summed E-state index contributed by atoms with van der Waals surface area (Å²) in [6, 6.07) is 8.22. The van der Waals surface area contributed by atoms with E-state index >= 15 is 0 Å². The topological polar surface area (TPSA) is 51.2 Å². The number of alkyl halides is 1. The van der Waals surface area contributed by atoms with Crippen LogP contribution in [0.1, 0.15) is 56.2 Å². The molecule has 1 aromatic heterocycles. The molecule has 0 spiro atoms. The van der Waals surface area contributed by atoms with E-state index in [9.17, 15) is 4.79 Å². The summed E-state index contributed by atoms with van der Waals surface area (Å²) >= 11 is 5.56. The molecule has 4 saturated carbocycles. The summed E-state index contributed by atoms with van der Waals surface area (Å²) in [5.41, 5.74) is 3.21. The van der Waals surface area contributed by atoms with Crippen molar-refractivity contribution >= 4 is 44.1 Å². The van der Waals surface area contributed by atoms with Crippen molar-refractivity contribution in [1.82, 2.24) is 4.98 Å². The average Bonchev–Trinajstić information content (AvgIpc) is 3.07. The number of nitrogens with one attached hydrogen (secondary N) is 1. The molecule has 4 aliphatic carbocycles. The molecule has 0 aliphatic heterocycles. The predicted octanol–water partition coefficient (Wildman–Crippen LogP) is 6.36. The Bertz CT molecular complexity index is 896. The number of carbonyl (C=O) groups excluding carboxylic acids is 1. The van der Waals surface area contributed by atoms with Gasteiger partial charge in [0.2, 0.25) is 0 Å². The Morgan fingerprint density at radius 2 is 1.97 bits per heavy atom. The van der Waals surface area contributed by atoms with E-state index in [0.29, 0.717) is 6.42 Å². The van der Waals surface area contributed by atoms with E-state index in [1.807, 2.05) is 17.5 Å². The van der Waals surface area contributed by atoms with Crippen molar-refractivity contribution in [3.05, 3.63) is 40.9 Å². The molecule has 2 aromatic rings. The second-order valence-corrected chi connectivity index (χ2v) is 12.1. The van der Waals surface area contributed by atoms with Gasteiger partial charge in [0.05, 0.1) is 12.1 Å². The zero-order valence-corrected chi connectivity index (χ0v) is 19.2. The van der Waals surface area contributed by atoms with Crippen LogP contribution in [0.2, 0.25) is 0 Å². The van der Waals surface area contributed by atoms with Gasteiger partial charge in [0.1, 0.15) is 6.61 Å². The van der Waals surface area contributed by atoms with Crippen molar-refractivity contribution < 1.29 is 9.53 Å². The van der Waals surface area contributed by atoms with Crippen LogP contribution in [0.5, 0.6) is 0 Å². The third kappa shape index (κ3) is 4.24. The maximum absolute atomic E-state index is 12.7. The monoisotopic (exact) mass is 474 g/mol. The van der Waals surface area contributed by atoms with Crippen LogP contribution in [0, 0.1) is 24.2 Å². The van der Waals surface area contributed by atoms with E-state index in [0.717, 1.165) is 34.8 Å². The SMILES string of the molecule is Cc1ccc(Nc2nc(COC(=O)CC34CC5CC(CC(Br)(C5)C3)C4)cs2)cc1. The molecule has 29 heavy (non-hydrogen) atoms. The van der Waals surface area contributed by atoms with Gasteiger partial charge < -0.3 is 10.1 Å². The molecule has 0 saturated heterocycles. The van der Waals surface area contributed by atoms with Crippen molar-refractivity contribution in [2.75, 3.05) is 5.32 Å². The molecule has 1 aromatic carbocycles. The van der Waals surface area contributed by atoms with Gasteiger partial charge in [-0.25, -0.2) is 4.98 Å². The molecule has 2 atom stereocenters. The summed E-state index contributed by atoms with van der Waals surface area (Å²) < 4.78 is 5.92. The normalized spacial score (nSPS) is 32.3. The van der Waals surface area contributed by atoms with Crippen molar-refractivity contribution in [2.24, 2.45) is 17.3 Å². The van der Waals surface area contributed by atoms with Gasteiger partial charge in [0, 0.05) is 15.4 Å². The van der Waals surface area contributed by atoms with Gasteiger partial charge in [0.25, 0.3) is 0 Å². The Hall–Kier alpha value is -1.40. The van der Waals surface area contributed by atoms with Crippen LogP contribution in [0.25, 0.3) is 0 Å². The first-order valence-electron chi connectivity index (χ1n) is 10.5. The number of thiazole rings is 1. The van der Waals surface area contributed by atoms with E-state index in [1.165, 1.54) is 49.0 Å². The highest BCUT2D eigenvalue weighted by Crippen LogP contribution is 2.65. The lowest BCUT2D eigenvalue weighted by Crippen LogP contribution is -2.53. The van der Waals surface area contributed by atoms with Gasteiger partial charge >= 0.3 is 5.97 Å². The Kier molecular flexibility index (Phi) is 4.98. The standard InChI is InChI=1S/C23H27BrN2O2S/c1-15-2-4-18(5-3-15)25-21-26-19(13-29-21)12-28-20(27)11-22-7-16-6-17(8-22)10-23(24,9-16)14-22/h2-5,13,16-17H,6-12,14H2,1H3,(H,25,26). The van der Waals surface area contributed by atoms with E-state index in [4.69, 9.17) is 4.74 Å². The fourth-order valence-electron chi connectivity index (χ4n) is 6.25. The van der Waals surface area contributed by atoms with Crippen LogP contribution in [-0.4, -0.2) is 15.3 Å². The van der Waals surface area contributed by atoms with Crippen molar-refractivity contribution in [3.63, 3.8) is 0 Å². The minimum atomic E-state index is -0.0657. The van der Waals surface area contributed by atoms with Gasteiger partial charge in [-0.2, -0.15) is 0 Å². The van der Waals surface area contributed by atoms with Crippen molar-refractivity contribution in [3.8, 4) is 0 Å². The highest BCUT2D eigenvalue weighted by Gasteiger charge is 2.57. The molecule has 4 fully saturated rings. The molecular formula is C23H27BrN2O2S. The van der Waals surface area contributed by atoms with Gasteiger partial charge in [-0.3, -0.25) is 4.79 Å². The fourth-order valence-corrected chi connectivity index (χ4v) is 8.47. The summed E-state index contributed by atoms with van der Waals surface area (Å²) in [5.74, 6) is 1.51. The third-order valence-corrected chi connectivity index (χ3v) is 8.60. The summed E-state index contributed by atoms with van der Waals surface area (Å²) in [6.45, 7) is 2.33. The summed E-state index contributed by atoms with van der Waals surface area (Å²) in [7, 11) is 0. The summed E-state index contributed by atoms with van der Waals surface area (Å²) in [4.78, 5) is 17.2. The molecule has 1 heterocycles. The number of halogens is 1. The zero-order valence-electron chi connectivity index (χ0n) is 16.7. The first kappa shape index (κ1) is 19.6. The first-order valence-corrected chi connectivity index (χ1v) is 12.2. The quantitative estimate of drug-likeness (QED) is 0.390. The number of aromatic nitrogens is 1. The van der Waals surface area contributed by atoms with Crippen molar-refractivity contribution in [1.29, 1.82) is 0 Å². The van der Waals surface area contributed by atoms with Crippen LogP contribution in [0.3, 0.4) is 0 Å². The van der Waals surface area contributed by atoms with E-state index in [1.54, 1.807) is 0 Å². The number of ether oxygens (including phenoxy) is 1. The maximum atomic E-state index is 12.7. The first-order chi connectivity index (χ1) is 13.9. The second-order valence-electron chi connectivity index (χ2n) is 9.58. The summed E-state index contributed by atoms with van der Waals surface area (Å²) in [5, 5.41) is 6.09. The lowest BCUT2D eigenvalue weighted by Gasteiger charge is -2.60. The molecule has 4 bridgehead atoms. The largest absolute Gasteiger partial charge is 0.459 e. The lowest BCUT2D eigenvalue weighted by molar-refractivity contribution is -0.152. The molecule has 4 nitrogen and oxygen atoms in total. The van der Waals surface area contributed by atoms with Crippen molar-refractivity contribution in [2.45, 2.75) is 62.8 Å². The molecule has 6 heteroatoms. The number of rotatable bonds is 6. The second kappa shape index (κ2) is 7.38. The van der Waals surface area contributed by atoms with Crippen LogP contribution in [-0.2, 0) is 16.1 Å². The number of anilines is 2. The molecule has 154 valence electrons. The molecule has 0 amide bonds. The van der Waals surface area contributed by atoms with Gasteiger partial charge in [-0.05, 0) is 74.8 Å². The average molecular weight is 475 g/mol. The Labute approximate surface area is 184 Å². The van der Waals surface area contributed by atoms with Gasteiger partial charge in [-0.15, -0.1) is 11.3 Å². The molecule has 6 rings (SSSR count). The number of aryl methyl sites for hydroxylation is 1. The van der Waals surface area contributed by atoms with Gasteiger partial charge in [0.15, 0.2) is 5.13 Å². The lowest BCUT2D eigenvalue weighted by atomic mass is 9.49. The Morgan fingerprint density at radius 3 is 2.66 bits per heavy atom. The Balaban J connectivity index is 1.16. The molecule has 4 aliphatic rings. The third-order valence-electron chi connectivity index (χ3n) is 6.87. The number of carbonyl (C=O) groups is 1. The van der Waals surface area contributed by atoms with E-state index in [2.05, 4.69) is 45.3 Å². The smallest absolute Gasteiger partial charge is 0.306 e. The molecule has 1 N–H and O–H groups in total. The van der Waals surface area contributed by atoms with E-state index < -0.39 is 0 Å². The van der Waals surface area contributed by atoms with Crippen LogP contribution in [0.4, 0.5) is 10.8 Å². The molecule has 0 radical (unpaired) electrons. The number of hydrogen-bond donors (Lipinski definition) is 1. The minimum Gasteiger partial charge on any atom is -0.459 e. The fraction of sp³-hybridized carbons (Fsp3) is 0.565. The Morgan fingerprint density at radius 1 is 1.24 bits per heavy atom. The highest BCUT2D eigenvalue weighted by atomic mass is 79.9. The van der Waals surface area contributed by atoms with Crippen LogP contribution in [0.15, 0.2) is 29.6 Å². The predicted molar refractivity (Wildman–Crippen MR) is 120 cm³/mol. The number of esters is 1. The summed E-state index contributed by atoms with van der Waals surface area (Å²) in [6.07, 6.45) is 8.03. The maximum Gasteiger partial charge on any atom is 0.306 e. The number of nitrogens with zero attached hydrogens (tertiary/aromatic N) is 1. The van der Waals surface area contributed by atoms with Crippen LogP contribution < -0.4 is 5.32 Å². The number of hydrogen-bond acceptors (Lipinski definition) is 5. The van der Waals surface area contributed by atoms with Crippen LogP contribution >= 0.6 is 27.3 Å². The molecular weight excluding hydrogens is 448 g/mol.